The van der Waals surface area contributed by atoms with Crippen LogP contribution in [0, 0.1) is 0 Å². The average molecular weight is 270 g/mol. The lowest BCUT2D eigenvalue weighted by Gasteiger charge is -2.12. The van der Waals surface area contributed by atoms with Crippen molar-refractivity contribution in [3.63, 3.8) is 0 Å². The van der Waals surface area contributed by atoms with Crippen LogP contribution in [0.25, 0.3) is 6.08 Å². The van der Waals surface area contributed by atoms with E-state index in [1.54, 1.807) is 18.2 Å². The van der Waals surface area contributed by atoms with Crippen molar-refractivity contribution >= 4 is 23.6 Å². The Morgan fingerprint density at radius 1 is 1.50 bits per heavy atom. The van der Waals surface area contributed by atoms with Crippen molar-refractivity contribution in [1.82, 2.24) is 0 Å². The molecule has 5 heteroatoms. The monoisotopic (exact) mass is 269 g/mol. The summed E-state index contributed by atoms with van der Waals surface area (Å²) in [5, 5.41) is 0.437. The second-order valence-corrected chi connectivity index (χ2v) is 4.03. The molecule has 0 unspecified atom stereocenters. The highest BCUT2D eigenvalue weighted by atomic mass is 35.5. The maximum atomic E-state index is 10.7. The largest absolute Gasteiger partial charge is 0.493 e. The molecule has 0 saturated carbocycles. The number of nitrogens with two attached hydrogens (primary N) is 1. The van der Waals surface area contributed by atoms with E-state index < -0.39 is 5.91 Å². The second kappa shape index (κ2) is 6.91. The summed E-state index contributed by atoms with van der Waals surface area (Å²) in [6.07, 6.45) is 3.71. The fourth-order valence-corrected chi connectivity index (χ4v) is 1.63. The number of carbonyl (C=O) groups is 1. The highest BCUT2D eigenvalue weighted by Crippen LogP contribution is 2.36. The summed E-state index contributed by atoms with van der Waals surface area (Å²) in [6.45, 7) is 2.57. The molecule has 0 atom stereocenters. The molecule has 18 heavy (non-hydrogen) atoms. The minimum Gasteiger partial charge on any atom is -0.493 e. The first-order chi connectivity index (χ1) is 8.58. The number of benzene rings is 1. The van der Waals surface area contributed by atoms with Crippen LogP contribution in [0.3, 0.4) is 0 Å². The molecule has 0 heterocycles. The SMILES string of the molecule is CCCOc1c(Cl)cc(C=CC(N)=O)cc1OC. The highest BCUT2D eigenvalue weighted by Gasteiger charge is 2.10. The Bertz CT molecular complexity index is 458. The number of hydrogen-bond acceptors (Lipinski definition) is 3. The van der Waals surface area contributed by atoms with Gasteiger partial charge in [0.15, 0.2) is 11.5 Å². The van der Waals surface area contributed by atoms with E-state index in [1.165, 1.54) is 13.2 Å². The van der Waals surface area contributed by atoms with Gasteiger partial charge in [-0.1, -0.05) is 18.5 Å². The van der Waals surface area contributed by atoms with Gasteiger partial charge in [-0.15, -0.1) is 0 Å². The van der Waals surface area contributed by atoms with E-state index in [9.17, 15) is 4.79 Å². The average Bonchev–Trinajstić information content (AvgIpc) is 2.34. The summed E-state index contributed by atoms with van der Waals surface area (Å²) < 4.78 is 10.7. The first-order valence-electron chi connectivity index (χ1n) is 5.56. The van der Waals surface area contributed by atoms with Gasteiger partial charge < -0.3 is 15.2 Å². The molecule has 0 bridgehead atoms. The van der Waals surface area contributed by atoms with Crippen LogP contribution in [0.5, 0.6) is 11.5 Å². The van der Waals surface area contributed by atoms with Gasteiger partial charge in [-0.2, -0.15) is 0 Å². The van der Waals surface area contributed by atoms with Crippen molar-refractivity contribution in [2.75, 3.05) is 13.7 Å². The number of carbonyl (C=O) groups excluding carboxylic acids is 1. The zero-order valence-corrected chi connectivity index (χ0v) is 11.2. The van der Waals surface area contributed by atoms with Crippen LogP contribution >= 0.6 is 11.6 Å². The Hall–Kier alpha value is -1.68. The van der Waals surface area contributed by atoms with Gasteiger partial charge in [0.25, 0.3) is 0 Å². The van der Waals surface area contributed by atoms with E-state index in [1.807, 2.05) is 6.92 Å². The third-order valence-electron chi connectivity index (χ3n) is 2.14. The quantitative estimate of drug-likeness (QED) is 0.808. The molecule has 2 N–H and O–H groups in total. The van der Waals surface area contributed by atoms with Crippen LogP contribution < -0.4 is 15.2 Å². The third-order valence-corrected chi connectivity index (χ3v) is 2.42. The zero-order chi connectivity index (χ0) is 13.5. The number of ether oxygens (including phenoxy) is 2. The van der Waals surface area contributed by atoms with E-state index in [0.29, 0.717) is 23.1 Å². The molecule has 98 valence electrons. The molecule has 4 nitrogen and oxygen atoms in total. The normalized spacial score (nSPS) is 10.6. The smallest absolute Gasteiger partial charge is 0.241 e. The molecule has 0 spiro atoms. The summed E-state index contributed by atoms with van der Waals surface area (Å²) in [5.41, 5.74) is 5.75. The van der Waals surface area contributed by atoms with Crippen LogP contribution in [0.1, 0.15) is 18.9 Å². The van der Waals surface area contributed by atoms with Gasteiger partial charge in [-0.25, -0.2) is 0 Å². The first-order valence-corrected chi connectivity index (χ1v) is 5.94. The minimum absolute atomic E-state index is 0.437. The molecule has 0 aliphatic rings. The highest BCUT2D eigenvalue weighted by molar-refractivity contribution is 6.32. The van der Waals surface area contributed by atoms with E-state index >= 15 is 0 Å². The summed E-state index contributed by atoms with van der Waals surface area (Å²) in [5.74, 6) is 0.522. The van der Waals surface area contributed by atoms with Gasteiger partial charge in [0.2, 0.25) is 5.91 Å². The van der Waals surface area contributed by atoms with Crippen molar-refractivity contribution in [2.45, 2.75) is 13.3 Å². The number of primary amides is 1. The van der Waals surface area contributed by atoms with Crippen molar-refractivity contribution in [3.8, 4) is 11.5 Å². The van der Waals surface area contributed by atoms with Crippen molar-refractivity contribution < 1.29 is 14.3 Å². The summed E-state index contributed by atoms with van der Waals surface area (Å²) in [4.78, 5) is 10.7. The molecule has 0 saturated heterocycles. The molecule has 0 aliphatic carbocycles. The number of amides is 1. The van der Waals surface area contributed by atoms with Crippen LogP contribution in [0.15, 0.2) is 18.2 Å². The fourth-order valence-electron chi connectivity index (χ4n) is 1.36. The maximum absolute atomic E-state index is 10.7. The van der Waals surface area contributed by atoms with Crippen molar-refractivity contribution in [1.29, 1.82) is 0 Å². The molecular formula is C13H16ClNO3. The molecule has 1 aromatic carbocycles. The predicted octanol–water partition coefficient (Wildman–Crippen LogP) is 2.64. The lowest BCUT2D eigenvalue weighted by Crippen LogP contribution is -2.05. The Morgan fingerprint density at radius 3 is 2.78 bits per heavy atom. The Morgan fingerprint density at radius 2 is 2.22 bits per heavy atom. The first kappa shape index (κ1) is 14.4. The lowest BCUT2D eigenvalue weighted by molar-refractivity contribution is -0.113. The molecule has 0 fully saturated rings. The Labute approximate surface area is 111 Å². The van der Waals surface area contributed by atoms with E-state index in [4.69, 9.17) is 26.8 Å². The predicted molar refractivity (Wildman–Crippen MR) is 72.0 cm³/mol. The van der Waals surface area contributed by atoms with Gasteiger partial charge in [0, 0.05) is 6.08 Å². The second-order valence-electron chi connectivity index (χ2n) is 3.62. The van der Waals surface area contributed by atoms with Crippen LogP contribution in [0.2, 0.25) is 5.02 Å². The van der Waals surface area contributed by atoms with Gasteiger partial charge in [0.1, 0.15) is 0 Å². The lowest BCUT2D eigenvalue weighted by atomic mass is 10.2. The van der Waals surface area contributed by atoms with Gasteiger partial charge >= 0.3 is 0 Å². The number of halogens is 1. The Kier molecular flexibility index (Phi) is 5.52. The van der Waals surface area contributed by atoms with Crippen molar-refractivity contribution in [2.24, 2.45) is 5.73 Å². The fraction of sp³-hybridized carbons (Fsp3) is 0.308. The summed E-state index contributed by atoms with van der Waals surface area (Å²) in [6, 6.07) is 3.42. The standard InChI is InChI=1S/C13H16ClNO3/c1-3-6-18-13-10(14)7-9(4-5-12(15)16)8-11(13)17-2/h4-5,7-8H,3,6H2,1-2H3,(H2,15,16). The van der Waals surface area contributed by atoms with Crippen LogP contribution in [0.4, 0.5) is 0 Å². The van der Waals surface area contributed by atoms with Gasteiger partial charge in [-0.3, -0.25) is 4.79 Å². The third kappa shape index (κ3) is 3.96. The molecule has 1 amide bonds. The summed E-state index contributed by atoms with van der Waals surface area (Å²) in [7, 11) is 1.53. The molecule has 0 aliphatic heterocycles. The van der Waals surface area contributed by atoms with E-state index in [-0.39, 0.29) is 0 Å². The summed E-state index contributed by atoms with van der Waals surface area (Å²) >= 11 is 6.11. The number of methoxy groups -OCH3 is 1. The molecule has 1 aromatic rings. The van der Waals surface area contributed by atoms with Crippen molar-refractivity contribution in [3.05, 3.63) is 28.8 Å². The minimum atomic E-state index is -0.517. The molecular weight excluding hydrogens is 254 g/mol. The van der Waals surface area contributed by atoms with Crippen LogP contribution in [-0.2, 0) is 4.79 Å². The molecule has 1 rings (SSSR count). The van der Waals surface area contributed by atoms with Crippen LogP contribution in [-0.4, -0.2) is 19.6 Å². The maximum Gasteiger partial charge on any atom is 0.241 e. The van der Waals surface area contributed by atoms with Gasteiger partial charge in [0.05, 0.1) is 18.7 Å². The molecule has 0 radical (unpaired) electrons. The Balaban J connectivity index is 3.06. The van der Waals surface area contributed by atoms with E-state index in [0.717, 1.165) is 12.0 Å². The van der Waals surface area contributed by atoms with E-state index in [2.05, 4.69) is 0 Å². The van der Waals surface area contributed by atoms with Gasteiger partial charge in [-0.05, 0) is 30.2 Å². The number of hydrogen-bond donors (Lipinski definition) is 1. The zero-order valence-electron chi connectivity index (χ0n) is 10.4. The topological polar surface area (TPSA) is 61.5 Å². The number of rotatable bonds is 6. The molecule has 0 aromatic heterocycles.